The van der Waals surface area contributed by atoms with Crippen molar-refractivity contribution in [1.29, 1.82) is 0 Å². The van der Waals surface area contributed by atoms with Crippen molar-refractivity contribution in [2.24, 2.45) is 0 Å². The molecule has 1 heterocycles. The first kappa shape index (κ1) is 19.0. The van der Waals surface area contributed by atoms with Crippen LogP contribution in [-0.4, -0.2) is 22.0 Å². The van der Waals surface area contributed by atoms with E-state index >= 15 is 0 Å². The zero-order valence-corrected chi connectivity index (χ0v) is 15.7. The molecular formula is C21H21N5O2. The van der Waals surface area contributed by atoms with Gasteiger partial charge in [-0.1, -0.05) is 29.8 Å². The Balaban J connectivity index is 1.55. The first-order valence-electron chi connectivity index (χ1n) is 8.82. The van der Waals surface area contributed by atoms with Gasteiger partial charge in [-0.15, -0.1) is 10.2 Å². The topological polar surface area (TPSA) is 96.0 Å². The van der Waals surface area contributed by atoms with Gasteiger partial charge in [0.1, 0.15) is 0 Å². The van der Waals surface area contributed by atoms with Crippen LogP contribution in [0.2, 0.25) is 0 Å². The van der Waals surface area contributed by atoms with Crippen molar-refractivity contribution in [3.63, 3.8) is 0 Å². The van der Waals surface area contributed by atoms with Crippen LogP contribution in [0.3, 0.4) is 0 Å². The Kier molecular flexibility index (Phi) is 5.96. The minimum absolute atomic E-state index is 0.119. The van der Waals surface area contributed by atoms with Crippen LogP contribution in [0.1, 0.15) is 18.1 Å². The number of nitrogens with one attached hydrogen (secondary N) is 3. The summed E-state index contributed by atoms with van der Waals surface area (Å²) < 4.78 is 0. The molecule has 0 saturated heterocycles. The Morgan fingerprint density at radius 3 is 2.18 bits per heavy atom. The molecule has 0 saturated carbocycles. The number of carbonyl (C=O) groups excluding carboxylic acids is 2. The summed E-state index contributed by atoms with van der Waals surface area (Å²) in [6, 6.07) is 18.5. The van der Waals surface area contributed by atoms with Crippen LogP contribution in [0, 0.1) is 6.92 Å². The van der Waals surface area contributed by atoms with Gasteiger partial charge in [0.15, 0.2) is 11.6 Å². The number of anilines is 4. The Labute approximate surface area is 163 Å². The molecule has 0 aliphatic heterocycles. The van der Waals surface area contributed by atoms with E-state index < -0.39 is 0 Å². The molecule has 2 amide bonds. The van der Waals surface area contributed by atoms with Gasteiger partial charge in [0.2, 0.25) is 11.8 Å². The summed E-state index contributed by atoms with van der Waals surface area (Å²) in [7, 11) is 0. The Morgan fingerprint density at radius 2 is 1.54 bits per heavy atom. The lowest BCUT2D eigenvalue weighted by Gasteiger charge is -2.08. The van der Waals surface area contributed by atoms with Gasteiger partial charge in [-0.05, 0) is 48.9 Å². The Bertz CT molecular complexity index is 969. The molecule has 0 radical (unpaired) electrons. The fraction of sp³-hybridized carbons (Fsp3) is 0.143. The second-order valence-electron chi connectivity index (χ2n) is 6.40. The molecule has 7 heteroatoms. The normalized spacial score (nSPS) is 10.2. The zero-order chi connectivity index (χ0) is 19.9. The second kappa shape index (κ2) is 8.77. The number of carbonyl (C=O) groups is 2. The monoisotopic (exact) mass is 375 g/mol. The smallest absolute Gasteiger partial charge is 0.229 e. The molecule has 0 spiro atoms. The van der Waals surface area contributed by atoms with Crippen molar-refractivity contribution in [2.75, 3.05) is 16.0 Å². The van der Waals surface area contributed by atoms with E-state index in [1.165, 1.54) is 6.92 Å². The molecule has 0 atom stereocenters. The highest BCUT2D eigenvalue weighted by molar-refractivity contribution is 5.91. The maximum atomic E-state index is 12.2. The SMILES string of the molecule is CC(=O)Nc1ccc(Nc2ccc(NC(=O)Cc3cccc(C)c3)nn2)cc1. The molecule has 0 aliphatic rings. The maximum absolute atomic E-state index is 12.2. The van der Waals surface area contributed by atoms with Crippen molar-refractivity contribution >= 4 is 34.8 Å². The standard InChI is InChI=1S/C21H21N5O2/c1-14-4-3-5-16(12-14)13-21(28)24-20-11-10-19(25-26-20)23-18-8-6-17(7-9-18)22-15(2)27/h3-12H,13H2,1-2H3,(H,22,27)(H,23,25)(H,24,26,28). The summed E-state index contributed by atoms with van der Waals surface area (Å²) in [6.07, 6.45) is 0.282. The summed E-state index contributed by atoms with van der Waals surface area (Å²) >= 11 is 0. The van der Waals surface area contributed by atoms with Crippen molar-refractivity contribution in [3.8, 4) is 0 Å². The van der Waals surface area contributed by atoms with E-state index in [0.717, 1.165) is 22.5 Å². The number of benzene rings is 2. The summed E-state index contributed by atoms with van der Waals surface area (Å²) in [4.78, 5) is 23.2. The number of rotatable bonds is 6. The third kappa shape index (κ3) is 5.63. The predicted octanol–water partition coefficient (Wildman–Crippen LogP) is 3.67. The van der Waals surface area contributed by atoms with Crippen LogP contribution < -0.4 is 16.0 Å². The first-order chi connectivity index (χ1) is 13.5. The fourth-order valence-corrected chi connectivity index (χ4v) is 2.65. The van der Waals surface area contributed by atoms with Crippen molar-refractivity contribution in [1.82, 2.24) is 10.2 Å². The van der Waals surface area contributed by atoms with Gasteiger partial charge in [-0.2, -0.15) is 0 Å². The van der Waals surface area contributed by atoms with Crippen LogP contribution in [0.25, 0.3) is 0 Å². The quantitative estimate of drug-likeness (QED) is 0.611. The van der Waals surface area contributed by atoms with Crippen LogP contribution in [0.5, 0.6) is 0 Å². The highest BCUT2D eigenvalue weighted by Crippen LogP contribution is 2.18. The maximum Gasteiger partial charge on any atom is 0.229 e. The van der Waals surface area contributed by atoms with Gasteiger partial charge in [0.05, 0.1) is 6.42 Å². The molecule has 3 aromatic rings. The molecule has 142 valence electrons. The average Bonchev–Trinajstić information content (AvgIpc) is 2.64. The number of hydrogen-bond donors (Lipinski definition) is 3. The molecule has 3 rings (SSSR count). The minimum Gasteiger partial charge on any atom is -0.339 e. The highest BCUT2D eigenvalue weighted by atomic mass is 16.2. The first-order valence-corrected chi connectivity index (χ1v) is 8.82. The summed E-state index contributed by atoms with van der Waals surface area (Å²) in [5, 5.41) is 16.7. The molecule has 28 heavy (non-hydrogen) atoms. The summed E-state index contributed by atoms with van der Waals surface area (Å²) in [5.74, 6) is 0.675. The lowest BCUT2D eigenvalue weighted by Crippen LogP contribution is -2.15. The van der Waals surface area contributed by atoms with Gasteiger partial charge in [0, 0.05) is 18.3 Å². The average molecular weight is 375 g/mol. The molecule has 3 N–H and O–H groups in total. The molecule has 0 bridgehead atoms. The Hall–Kier alpha value is -3.74. The van der Waals surface area contributed by atoms with Crippen molar-refractivity contribution < 1.29 is 9.59 Å². The van der Waals surface area contributed by atoms with Crippen LogP contribution in [0.15, 0.2) is 60.7 Å². The van der Waals surface area contributed by atoms with E-state index in [4.69, 9.17) is 0 Å². The van der Waals surface area contributed by atoms with E-state index in [1.807, 2.05) is 43.3 Å². The fourth-order valence-electron chi connectivity index (χ4n) is 2.65. The van der Waals surface area contributed by atoms with E-state index in [0.29, 0.717) is 11.6 Å². The van der Waals surface area contributed by atoms with Gasteiger partial charge >= 0.3 is 0 Å². The molecule has 2 aromatic carbocycles. The van der Waals surface area contributed by atoms with E-state index in [-0.39, 0.29) is 18.2 Å². The third-order valence-electron chi connectivity index (χ3n) is 3.86. The molecular weight excluding hydrogens is 354 g/mol. The lowest BCUT2D eigenvalue weighted by molar-refractivity contribution is -0.116. The number of nitrogens with zero attached hydrogens (tertiary/aromatic N) is 2. The van der Waals surface area contributed by atoms with Gasteiger partial charge < -0.3 is 16.0 Å². The van der Waals surface area contributed by atoms with Crippen LogP contribution in [0.4, 0.5) is 23.0 Å². The molecule has 0 aliphatic carbocycles. The second-order valence-corrected chi connectivity index (χ2v) is 6.40. The van der Waals surface area contributed by atoms with Gasteiger partial charge in [-0.25, -0.2) is 0 Å². The van der Waals surface area contributed by atoms with Gasteiger partial charge in [-0.3, -0.25) is 9.59 Å². The lowest BCUT2D eigenvalue weighted by atomic mass is 10.1. The van der Waals surface area contributed by atoms with Crippen molar-refractivity contribution in [3.05, 3.63) is 71.8 Å². The number of hydrogen-bond acceptors (Lipinski definition) is 5. The Morgan fingerprint density at radius 1 is 0.857 bits per heavy atom. The zero-order valence-electron chi connectivity index (χ0n) is 15.7. The number of aromatic nitrogens is 2. The largest absolute Gasteiger partial charge is 0.339 e. The molecule has 1 aromatic heterocycles. The van der Waals surface area contributed by atoms with Gasteiger partial charge in [0.25, 0.3) is 0 Å². The van der Waals surface area contributed by atoms with E-state index in [9.17, 15) is 9.59 Å². The summed E-state index contributed by atoms with van der Waals surface area (Å²) in [5.41, 5.74) is 3.59. The van der Waals surface area contributed by atoms with E-state index in [1.54, 1.807) is 24.3 Å². The minimum atomic E-state index is -0.144. The molecule has 7 nitrogen and oxygen atoms in total. The molecule has 0 fully saturated rings. The van der Waals surface area contributed by atoms with Crippen molar-refractivity contribution in [2.45, 2.75) is 20.3 Å². The predicted molar refractivity (Wildman–Crippen MR) is 110 cm³/mol. The molecule has 0 unspecified atom stereocenters. The highest BCUT2D eigenvalue weighted by Gasteiger charge is 2.06. The number of amides is 2. The third-order valence-corrected chi connectivity index (χ3v) is 3.86. The van der Waals surface area contributed by atoms with Crippen LogP contribution >= 0.6 is 0 Å². The summed E-state index contributed by atoms with van der Waals surface area (Å²) in [6.45, 7) is 3.45. The number of aryl methyl sites for hydroxylation is 1. The van der Waals surface area contributed by atoms with E-state index in [2.05, 4.69) is 26.1 Å². The van der Waals surface area contributed by atoms with Crippen LogP contribution in [-0.2, 0) is 16.0 Å².